The molecule has 0 bridgehead atoms. The van der Waals surface area contributed by atoms with Gasteiger partial charge in [-0.15, -0.1) is 4.33 Å². The van der Waals surface area contributed by atoms with Crippen LogP contribution in [0.1, 0.15) is 79.4 Å². The Morgan fingerprint density at radius 3 is 1.42 bits per heavy atom. The first-order valence-electron chi connectivity index (χ1n) is 24.1. The van der Waals surface area contributed by atoms with Crippen LogP contribution in [-0.2, 0) is 19.5 Å². The van der Waals surface area contributed by atoms with E-state index in [1.807, 2.05) is 0 Å². The van der Waals surface area contributed by atoms with Crippen LogP contribution in [0.25, 0.3) is 12.2 Å². The SMILES string of the molecule is CCN(CC)CCCNc1nc(Nc2ccc(/C=C/c3ccc(Nc4nc(NCCCN(CC)CC)nc(N(CC(C)O)CC(C)O)n4)cc3S(=O)(=O)O)c(SOOO)c2)nc(N(CC(C)O)CC(C)O)n1. The Balaban J connectivity index is 1.67. The summed E-state index contributed by atoms with van der Waals surface area (Å²) in [7, 11) is -4.82. The van der Waals surface area contributed by atoms with Crippen LogP contribution in [0.2, 0.25) is 0 Å². The fourth-order valence-corrected chi connectivity index (χ4v) is 8.62. The molecule has 2 aromatic carbocycles. The molecular formula is C46H74N14O10S2. The van der Waals surface area contributed by atoms with Gasteiger partial charge in [0, 0.05) is 55.5 Å². The molecule has 4 rings (SSSR count). The van der Waals surface area contributed by atoms with E-state index in [2.05, 4.69) is 93.7 Å². The van der Waals surface area contributed by atoms with E-state index in [9.17, 15) is 33.4 Å². The summed E-state index contributed by atoms with van der Waals surface area (Å²) < 4.78 is 41.1. The molecular weight excluding hydrogens is 973 g/mol. The molecule has 0 aliphatic carbocycles. The number of nitrogens with one attached hydrogen (secondary N) is 4. The van der Waals surface area contributed by atoms with Crippen LogP contribution in [0.3, 0.4) is 0 Å². The number of rotatable bonds is 34. The smallest absolute Gasteiger partial charge is 0.295 e. The molecule has 72 heavy (non-hydrogen) atoms. The van der Waals surface area contributed by atoms with Crippen molar-refractivity contribution in [2.75, 3.05) is 110 Å². The van der Waals surface area contributed by atoms with Crippen LogP contribution in [0.4, 0.5) is 47.1 Å². The van der Waals surface area contributed by atoms with Crippen molar-refractivity contribution in [3.63, 3.8) is 0 Å². The van der Waals surface area contributed by atoms with E-state index in [1.54, 1.807) is 67.8 Å². The van der Waals surface area contributed by atoms with Crippen molar-refractivity contribution in [1.29, 1.82) is 0 Å². The molecule has 0 aliphatic rings. The van der Waals surface area contributed by atoms with Crippen molar-refractivity contribution in [3.05, 3.63) is 47.5 Å². The third kappa shape index (κ3) is 20.4. The number of aliphatic hydroxyl groups is 4. The second-order valence-corrected chi connectivity index (χ2v) is 19.3. The van der Waals surface area contributed by atoms with Gasteiger partial charge in [-0.25, -0.2) is 5.26 Å². The van der Waals surface area contributed by atoms with Crippen LogP contribution in [-0.4, -0.2) is 181 Å². The van der Waals surface area contributed by atoms with Gasteiger partial charge in [0.2, 0.25) is 35.7 Å². The number of aromatic nitrogens is 6. The second kappa shape index (κ2) is 30.2. The van der Waals surface area contributed by atoms with Crippen molar-refractivity contribution in [3.8, 4) is 0 Å². The summed E-state index contributed by atoms with van der Waals surface area (Å²) in [6.45, 7) is 21.9. The minimum absolute atomic E-state index is 0.0297. The molecule has 10 N–H and O–H groups in total. The largest absolute Gasteiger partial charge is 0.392 e. The fraction of sp³-hybridized carbons (Fsp3) is 0.565. The van der Waals surface area contributed by atoms with E-state index < -0.39 is 39.4 Å². The average Bonchev–Trinajstić information content (AvgIpc) is 3.32. The van der Waals surface area contributed by atoms with Crippen molar-refractivity contribution in [2.45, 2.75) is 102 Å². The predicted molar refractivity (Wildman–Crippen MR) is 281 cm³/mol. The first-order valence-corrected chi connectivity index (χ1v) is 26.3. The van der Waals surface area contributed by atoms with E-state index in [0.717, 1.165) is 52.1 Å². The molecule has 0 fully saturated rings. The molecule has 400 valence electrons. The summed E-state index contributed by atoms with van der Waals surface area (Å²) in [4.78, 5) is 35.3. The van der Waals surface area contributed by atoms with Gasteiger partial charge in [0.25, 0.3) is 10.1 Å². The van der Waals surface area contributed by atoms with Gasteiger partial charge in [0.1, 0.15) is 4.90 Å². The Morgan fingerprint density at radius 1 is 0.611 bits per heavy atom. The highest BCUT2D eigenvalue weighted by Crippen LogP contribution is 2.32. The number of hydrogen-bond donors (Lipinski definition) is 10. The zero-order valence-corrected chi connectivity index (χ0v) is 44.1. The molecule has 0 spiro atoms. The summed E-state index contributed by atoms with van der Waals surface area (Å²) in [6.07, 6.45) is 1.57. The highest BCUT2D eigenvalue weighted by atomic mass is 32.2. The molecule has 2 aromatic heterocycles. The maximum absolute atomic E-state index is 12.9. The first-order chi connectivity index (χ1) is 34.3. The van der Waals surface area contributed by atoms with Crippen LogP contribution < -0.4 is 31.1 Å². The van der Waals surface area contributed by atoms with Gasteiger partial charge in [0.15, 0.2) is 0 Å². The Morgan fingerprint density at radius 2 is 1.01 bits per heavy atom. The standard InChI is InChI=1S/C46H74N14O10S2/c1-9-57(10-2)23-13-21-47-41-51-43(55-45(53-41)59(27-31(5)61)28-32(6)62)49-37-19-17-35(39(25-37)71-70-69-65)15-16-36-18-20-38(26-40(36)72(66,67)68)50-44-52-42(48-22-14-24-58(11-3)12-4)54-46(56-44)60(29-33(7)63)30-34(8)64/h15-20,25-26,31-34,61-65H,9-14,21-24,27-30H2,1-8H3,(H,66,67,68)(H2,47,49,51,53,55)(H2,48,50,52,54,56)/b16-15+. The maximum atomic E-state index is 12.9. The fourth-order valence-electron chi connectivity index (χ4n) is 7.40. The molecule has 0 saturated heterocycles. The van der Waals surface area contributed by atoms with Crippen LogP contribution in [0.15, 0.2) is 46.2 Å². The minimum atomic E-state index is -4.82. The summed E-state index contributed by atoms with van der Waals surface area (Å²) in [5, 5.41) is 66.8. The van der Waals surface area contributed by atoms with Crippen molar-refractivity contribution < 1.29 is 48.0 Å². The molecule has 4 atom stereocenters. The highest BCUT2D eigenvalue weighted by Gasteiger charge is 2.21. The normalized spacial score (nSPS) is 13.6. The van der Waals surface area contributed by atoms with Gasteiger partial charge >= 0.3 is 0 Å². The highest BCUT2D eigenvalue weighted by molar-refractivity contribution is 7.94. The van der Waals surface area contributed by atoms with Crippen LogP contribution in [0.5, 0.6) is 0 Å². The maximum Gasteiger partial charge on any atom is 0.295 e. The molecule has 4 aromatic rings. The topological polar surface area (TPSA) is 312 Å². The molecule has 0 amide bonds. The minimum Gasteiger partial charge on any atom is -0.392 e. The molecule has 24 nitrogen and oxygen atoms in total. The lowest BCUT2D eigenvalue weighted by Gasteiger charge is -2.26. The number of benzene rings is 2. The van der Waals surface area contributed by atoms with Gasteiger partial charge in [-0.2, -0.15) is 38.3 Å². The number of anilines is 8. The van der Waals surface area contributed by atoms with Gasteiger partial charge in [-0.1, -0.05) is 57.0 Å². The lowest BCUT2D eigenvalue weighted by atomic mass is 10.1. The van der Waals surface area contributed by atoms with Crippen molar-refractivity contribution in [2.24, 2.45) is 0 Å². The number of hydrogen-bond acceptors (Lipinski definition) is 24. The predicted octanol–water partition coefficient (Wildman–Crippen LogP) is 4.81. The van der Waals surface area contributed by atoms with Gasteiger partial charge < -0.3 is 61.3 Å². The van der Waals surface area contributed by atoms with Gasteiger partial charge in [-0.05, 0) is 115 Å². The zero-order chi connectivity index (χ0) is 52.8. The molecule has 2 heterocycles. The van der Waals surface area contributed by atoms with E-state index in [4.69, 9.17) is 9.59 Å². The quantitative estimate of drug-likeness (QED) is 0.00749. The van der Waals surface area contributed by atoms with E-state index in [0.29, 0.717) is 41.3 Å². The second-order valence-electron chi connectivity index (χ2n) is 17.2. The van der Waals surface area contributed by atoms with Crippen molar-refractivity contribution >= 4 is 81.4 Å². The molecule has 4 unspecified atom stereocenters. The third-order valence-electron chi connectivity index (χ3n) is 10.8. The van der Waals surface area contributed by atoms with Gasteiger partial charge in [-0.3, -0.25) is 4.55 Å². The average molecular weight is 1050 g/mol. The third-order valence-corrected chi connectivity index (χ3v) is 12.4. The Labute approximate surface area is 427 Å². The lowest BCUT2D eigenvalue weighted by Crippen LogP contribution is -2.37. The zero-order valence-electron chi connectivity index (χ0n) is 42.4. The summed E-state index contributed by atoms with van der Waals surface area (Å²) >= 11 is 0.652. The molecule has 0 aliphatic heterocycles. The Hall–Kier alpha value is -5.10. The summed E-state index contributed by atoms with van der Waals surface area (Å²) in [5.41, 5.74) is 1.27. The summed E-state index contributed by atoms with van der Waals surface area (Å²) in [5.74, 6) is 1.03. The van der Waals surface area contributed by atoms with Crippen LogP contribution >= 0.6 is 12.0 Å². The van der Waals surface area contributed by atoms with Crippen molar-refractivity contribution in [1.82, 2.24) is 39.7 Å². The first kappa shape index (κ1) is 59.5. The lowest BCUT2D eigenvalue weighted by molar-refractivity contribution is -0.432. The Kier molecular flexibility index (Phi) is 24.9. The molecule has 0 radical (unpaired) electrons. The van der Waals surface area contributed by atoms with E-state index in [-0.39, 0.29) is 73.1 Å². The van der Waals surface area contributed by atoms with E-state index in [1.165, 1.54) is 18.2 Å². The number of aliphatic hydroxyl groups excluding tert-OH is 4. The molecule has 26 heteroatoms. The molecule has 0 saturated carbocycles. The van der Waals surface area contributed by atoms with Crippen LogP contribution in [0, 0.1) is 0 Å². The van der Waals surface area contributed by atoms with E-state index >= 15 is 0 Å². The van der Waals surface area contributed by atoms with Gasteiger partial charge in [0.05, 0.1) is 36.5 Å². The summed E-state index contributed by atoms with van der Waals surface area (Å²) in [6, 6.07) is 9.30. The number of nitrogens with zero attached hydrogens (tertiary/aromatic N) is 10. The monoisotopic (exact) mass is 1050 g/mol. The Bertz CT molecular complexity index is 2380.